The number of amides is 1. The van der Waals surface area contributed by atoms with Crippen molar-refractivity contribution in [3.63, 3.8) is 0 Å². The van der Waals surface area contributed by atoms with Gasteiger partial charge in [0.1, 0.15) is 10.8 Å². The number of aryl methyl sites for hydroxylation is 1. The Balaban J connectivity index is 1.83. The smallest absolute Gasteiger partial charge is 0.223 e. The zero-order valence-corrected chi connectivity index (χ0v) is 12.3. The largest absolute Gasteiger partial charge is 0.389 e. The standard InChI is InChI=1S/C14H18N4OS/c1-9-6-10(14(15)20)7-12(16-9)17-4-5-18-11(8-17)2-3-13(18)19/h6-7,11H,2-5,8H2,1H3,(H2,15,20). The van der Waals surface area contributed by atoms with Crippen LogP contribution < -0.4 is 10.6 Å². The Morgan fingerprint density at radius 1 is 1.45 bits per heavy atom. The van der Waals surface area contributed by atoms with Crippen LogP contribution in [0.2, 0.25) is 0 Å². The van der Waals surface area contributed by atoms with Gasteiger partial charge in [-0.25, -0.2) is 4.98 Å². The molecule has 0 radical (unpaired) electrons. The zero-order chi connectivity index (χ0) is 14.3. The van der Waals surface area contributed by atoms with Crippen molar-refractivity contribution < 1.29 is 4.79 Å². The van der Waals surface area contributed by atoms with Crippen LogP contribution in [0, 0.1) is 6.92 Å². The number of fused-ring (bicyclic) bond motifs is 1. The maximum Gasteiger partial charge on any atom is 0.223 e. The Bertz CT molecular complexity index is 574. The molecule has 1 aromatic rings. The normalized spacial score (nSPS) is 22.1. The summed E-state index contributed by atoms with van der Waals surface area (Å²) in [5.41, 5.74) is 7.48. The van der Waals surface area contributed by atoms with E-state index >= 15 is 0 Å². The molecule has 1 unspecified atom stereocenters. The number of nitrogens with two attached hydrogens (primary N) is 1. The second-order valence-corrected chi connectivity index (χ2v) is 5.89. The summed E-state index contributed by atoms with van der Waals surface area (Å²) in [5.74, 6) is 1.20. The van der Waals surface area contributed by atoms with Crippen LogP contribution in [0.25, 0.3) is 0 Å². The fraction of sp³-hybridized carbons (Fsp3) is 0.500. The highest BCUT2D eigenvalue weighted by Gasteiger charge is 2.35. The highest BCUT2D eigenvalue weighted by atomic mass is 32.1. The molecule has 6 heteroatoms. The van der Waals surface area contributed by atoms with Crippen molar-refractivity contribution in [3.05, 3.63) is 23.4 Å². The fourth-order valence-electron chi connectivity index (χ4n) is 3.03. The zero-order valence-electron chi connectivity index (χ0n) is 11.5. The molecule has 3 rings (SSSR count). The number of hydrogen-bond donors (Lipinski definition) is 1. The monoisotopic (exact) mass is 290 g/mol. The van der Waals surface area contributed by atoms with Crippen LogP contribution in [0.1, 0.15) is 24.1 Å². The van der Waals surface area contributed by atoms with Gasteiger partial charge in [-0.15, -0.1) is 0 Å². The number of pyridine rings is 1. The minimum absolute atomic E-state index is 0.288. The van der Waals surface area contributed by atoms with E-state index in [1.54, 1.807) is 0 Å². The van der Waals surface area contributed by atoms with Gasteiger partial charge in [-0.3, -0.25) is 4.79 Å². The second kappa shape index (κ2) is 5.01. The van der Waals surface area contributed by atoms with E-state index in [0.717, 1.165) is 43.1 Å². The number of nitrogens with zero attached hydrogens (tertiary/aromatic N) is 3. The molecule has 2 aliphatic heterocycles. The molecular weight excluding hydrogens is 272 g/mol. The minimum Gasteiger partial charge on any atom is -0.389 e. The summed E-state index contributed by atoms with van der Waals surface area (Å²) in [4.78, 5) is 20.9. The predicted molar refractivity (Wildman–Crippen MR) is 81.8 cm³/mol. The van der Waals surface area contributed by atoms with Crippen LogP contribution in [-0.4, -0.2) is 46.5 Å². The molecule has 2 aliphatic rings. The van der Waals surface area contributed by atoms with Gasteiger partial charge in [0, 0.05) is 43.4 Å². The first-order chi connectivity index (χ1) is 9.54. The van der Waals surface area contributed by atoms with Crippen LogP contribution in [0.5, 0.6) is 0 Å². The van der Waals surface area contributed by atoms with E-state index in [4.69, 9.17) is 18.0 Å². The van der Waals surface area contributed by atoms with Crippen molar-refractivity contribution in [3.8, 4) is 0 Å². The Hall–Kier alpha value is -1.69. The number of piperazine rings is 1. The average Bonchev–Trinajstić information content (AvgIpc) is 2.79. The molecule has 2 saturated heterocycles. The molecule has 106 valence electrons. The van der Waals surface area contributed by atoms with Crippen molar-refractivity contribution >= 4 is 28.9 Å². The van der Waals surface area contributed by atoms with Crippen molar-refractivity contribution in [2.75, 3.05) is 24.5 Å². The van der Waals surface area contributed by atoms with E-state index < -0.39 is 0 Å². The summed E-state index contributed by atoms with van der Waals surface area (Å²) >= 11 is 5.05. The third-order valence-electron chi connectivity index (χ3n) is 4.04. The maximum atomic E-state index is 11.7. The average molecular weight is 290 g/mol. The van der Waals surface area contributed by atoms with E-state index in [9.17, 15) is 4.79 Å². The molecule has 3 heterocycles. The van der Waals surface area contributed by atoms with Crippen LogP contribution in [0.4, 0.5) is 5.82 Å². The molecule has 1 aromatic heterocycles. The van der Waals surface area contributed by atoms with E-state index in [1.165, 1.54) is 0 Å². The minimum atomic E-state index is 0.288. The quantitative estimate of drug-likeness (QED) is 0.818. The van der Waals surface area contributed by atoms with Crippen molar-refractivity contribution in [2.24, 2.45) is 5.73 Å². The van der Waals surface area contributed by atoms with Crippen molar-refractivity contribution in [2.45, 2.75) is 25.8 Å². The molecular formula is C14H18N4OS. The molecule has 20 heavy (non-hydrogen) atoms. The van der Waals surface area contributed by atoms with Gasteiger partial charge >= 0.3 is 0 Å². The first-order valence-electron chi connectivity index (χ1n) is 6.87. The van der Waals surface area contributed by atoms with Crippen molar-refractivity contribution in [1.29, 1.82) is 0 Å². The lowest BCUT2D eigenvalue weighted by Crippen LogP contribution is -2.51. The lowest BCUT2D eigenvalue weighted by Gasteiger charge is -2.38. The SMILES string of the molecule is Cc1cc(C(N)=S)cc(N2CCN3C(=O)CCC3C2)n1. The summed E-state index contributed by atoms with van der Waals surface area (Å²) in [6.07, 6.45) is 1.63. The molecule has 0 aromatic carbocycles. The number of anilines is 1. The highest BCUT2D eigenvalue weighted by molar-refractivity contribution is 7.80. The van der Waals surface area contributed by atoms with Gasteiger partial charge in [0.2, 0.25) is 5.91 Å². The Morgan fingerprint density at radius 3 is 3.00 bits per heavy atom. The van der Waals surface area contributed by atoms with E-state index in [2.05, 4.69) is 9.88 Å². The summed E-state index contributed by atoms with van der Waals surface area (Å²) in [5, 5.41) is 0. The van der Waals surface area contributed by atoms with Crippen LogP contribution >= 0.6 is 12.2 Å². The number of aromatic nitrogens is 1. The molecule has 0 bridgehead atoms. The summed E-state index contributed by atoms with van der Waals surface area (Å²) in [6.45, 7) is 4.39. The van der Waals surface area contributed by atoms with Crippen LogP contribution in [0.15, 0.2) is 12.1 Å². The number of thiocarbonyl (C=S) groups is 1. The Labute approximate surface area is 123 Å². The first-order valence-corrected chi connectivity index (χ1v) is 7.28. The predicted octanol–water partition coefficient (Wildman–Crippen LogP) is 0.835. The van der Waals surface area contributed by atoms with Gasteiger partial charge in [0.25, 0.3) is 0 Å². The first kappa shape index (κ1) is 13.3. The summed E-state index contributed by atoms with van der Waals surface area (Å²) in [6, 6.07) is 4.18. The second-order valence-electron chi connectivity index (χ2n) is 5.45. The maximum absolute atomic E-state index is 11.7. The third kappa shape index (κ3) is 2.35. The Kier molecular flexibility index (Phi) is 3.33. The fourth-order valence-corrected chi connectivity index (χ4v) is 3.15. The van der Waals surface area contributed by atoms with Crippen LogP contribution in [-0.2, 0) is 4.79 Å². The third-order valence-corrected chi connectivity index (χ3v) is 4.28. The lowest BCUT2D eigenvalue weighted by molar-refractivity contribution is -0.129. The van der Waals surface area contributed by atoms with Gasteiger partial charge < -0.3 is 15.5 Å². The topological polar surface area (TPSA) is 62.5 Å². The molecule has 1 atom stereocenters. The molecule has 2 N–H and O–H groups in total. The number of carbonyl (C=O) groups is 1. The van der Waals surface area contributed by atoms with Crippen molar-refractivity contribution in [1.82, 2.24) is 9.88 Å². The summed E-state index contributed by atoms with van der Waals surface area (Å²) in [7, 11) is 0. The van der Waals surface area contributed by atoms with Gasteiger partial charge in [-0.05, 0) is 25.5 Å². The molecule has 5 nitrogen and oxygen atoms in total. The van der Waals surface area contributed by atoms with Gasteiger partial charge in [-0.2, -0.15) is 0 Å². The van der Waals surface area contributed by atoms with E-state index in [1.807, 2.05) is 24.0 Å². The summed E-state index contributed by atoms with van der Waals surface area (Å²) < 4.78 is 0. The highest BCUT2D eigenvalue weighted by Crippen LogP contribution is 2.26. The van der Waals surface area contributed by atoms with E-state index in [-0.39, 0.29) is 5.91 Å². The van der Waals surface area contributed by atoms with Gasteiger partial charge in [0.05, 0.1) is 0 Å². The molecule has 0 spiro atoms. The molecule has 2 fully saturated rings. The van der Waals surface area contributed by atoms with Gasteiger partial charge in [0.15, 0.2) is 0 Å². The number of hydrogen-bond acceptors (Lipinski definition) is 4. The molecule has 0 aliphatic carbocycles. The lowest BCUT2D eigenvalue weighted by atomic mass is 10.1. The Morgan fingerprint density at radius 2 is 2.25 bits per heavy atom. The number of rotatable bonds is 2. The molecule has 1 amide bonds. The number of carbonyl (C=O) groups excluding carboxylic acids is 1. The van der Waals surface area contributed by atoms with E-state index in [0.29, 0.717) is 17.5 Å². The van der Waals surface area contributed by atoms with Gasteiger partial charge in [-0.1, -0.05) is 12.2 Å². The van der Waals surface area contributed by atoms with Crippen LogP contribution in [0.3, 0.4) is 0 Å². The molecule has 0 saturated carbocycles.